The molecule has 16 heavy (non-hydrogen) atoms. The Morgan fingerprint density at radius 2 is 2.38 bits per heavy atom. The molecule has 0 amide bonds. The van der Waals surface area contributed by atoms with Gasteiger partial charge in [-0.2, -0.15) is 0 Å². The second kappa shape index (κ2) is 6.10. The van der Waals surface area contributed by atoms with Crippen LogP contribution in [0.5, 0.6) is 0 Å². The zero-order valence-corrected chi connectivity index (χ0v) is 9.73. The smallest absolute Gasteiger partial charge is 0.303 e. The standard InChI is InChI=1S/C12H18N2O2/c1-9-8-13-7-6-11(9)14-10(2)4-3-5-12(15)16/h6-8,10H,3-5H2,1-2H3,(H,13,14)(H,15,16). The molecule has 1 atom stereocenters. The summed E-state index contributed by atoms with van der Waals surface area (Å²) >= 11 is 0. The maximum absolute atomic E-state index is 10.4. The molecular formula is C12H18N2O2. The number of pyridine rings is 1. The molecule has 0 bridgehead atoms. The molecule has 1 heterocycles. The third-order valence-electron chi connectivity index (χ3n) is 2.45. The van der Waals surface area contributed by atoms with Crippen LogP contribution in [0.4, 0.5) is 5.69 Å². The summed E-state index contributed by atoms with van der Waals surface area (Å²) in [5.41, 5.74) is 2.17. The molecule has 4 heteroatoms. The molecule has 0 aliphatic carbocycles. The van der Waals surface area contributed by atoms with Crippen molar-refractivity contribution in [1.82, 2.24) is 4.98 Å². The second-order valence-corrected chi connectivity index (χ2v) is 4.02. The van der Waals surface area contributed by atoms with E-state index >= 15 is 0 Å². The highest BCUT2D eigenvalue weighted by Crippen LogP contribution is 2.14. The van der Waals surface area contributed by atoms with Crippen LogP contribution in [-0.2, 0) is 4.79 Å². The predicted molar refractivity (Wildman–Crippen MR) is 63.5 cm³/mol. The summed E-state index contributed by atoms with van der Waals surface area (Å²) in [7, 11) is 0. The number of anilines is 1. The highest BCUT2D eigenvalue weighted by Gasteiger charge is 2.05. The molecule has 2 N–H and O–H groups in total. The molecule has 4 nitrogen and oxygen atoms in total. The molecule has 0 saturated carbocycles. The molecule has 1 rings (SSSR count). The molecule has 1 aromatic rings. The third-order valence-corrected chi connectivity index (χ3v) is 2.45. The number of hydrogen-bond acceptors (Lipinski definition) is 3. The van der Waals surface area contributed by atoms with Gasteiger partial charge in [0, 0.05) is 30.5 Å². The largest absolute Gasteiger partial charge is 0.481 e. The number of aliphatic carboxylic acids is 1. The van der Waals surface area contributed by atoms with Gasteiger partial charge in [0.2, 0.25) is 0 Å². The van der Waals surface area contributed by atoms with Gasteiger partial charge in [0.05, 0.1) is 0 Å². The van der Waals surface area contributed by atoms with Gasteiger partial charge in [0.25, 0.3) is 0 Å². The van der Waals surface area contributed by atoms with Crippen LogP contribution in [0.25, 0.3) is 0 Å². The lowest BCUT2D eigenvalue weighted by molar-refractivity contribution is -0.137. The van der Waals surface area contributed by atoms with Gasteiger partial charge in [0.1, 0.15) is 0 Å². The number of carbonyl (C=O) groups is 1. The van der Waals surface area contributed by atoms with Gasteiger partial charge < -0.3 is 10.4 Å². The molecule has 0 aromatic carbocycles. The normalized spacial score (nSPS) is 12.1. The van der Waals surface area contributed by atoms with E-state index in [1.807, 2.05) is 19.2 Å². The Kier molecular flexibility index (Phi) is 4.76. The van der Waals surface area contributed by atoms with E-state index in [0.717, 1.165) is 17.7 Å². The van der Waals surface area contributed by atoms with Crippen molar-refractivity contribution in [1.29, 1.82) is 0 Å². The lowest BCUT2D eigenvalue weighted by atomic mass is 10.1. The van der Waals surface area contributed by atoms with Crippen molar-refractivity contribution in [2.24, 2.45) is 0 Å². The van der Waals surface area contributed by atoms with Gasteiger partial charge >= 0.3 is 5.97 Å². The molecule has 0 saturated heterocycles. The van der Waals surface area contributed by atoms with Crippen LogP contribution in [0, 0.1) is 6.92 Å². The molecule has 88 valence electrons. The van der Waals surface area contributed by atoms with Crippen molar-refractivity contribution in [2.45, 2.75) is 39.2 Å². The topological polar surface area (TPSA) is 62.2 Å². The van der Waals surface area contributed by atoms with Crippen LogP contribution < -0.4 is 5.32 Å². The first-order chi connectivity index (χ1) is 7.59. The summed E-state index contributed by atoms with van der Waals surface area (Å²) in [5.74, 6) is -0.729. The molecule has 1 unspecified atom stereocenters. The van der Waals surface area contributed by atoms with Gasteiger partial charge in [-0.05, 0) is 38.3 Å². The SMILES string of the molecule is Cc1cnccc1NC(C)CCCC(=O)O. The summed E-state index contributed by atoms with van der Waals surface area (Å²) in [5, 5.41) is 11.9. The molecule has 0 radical (unpaired) electrons. The summed E-state index contributed by atoms with van der Waals surface area (Å²) in [4.78, 5) is 14.4. The number of carboxylic acid groups (broad SMARTS) is 1. The predicted octanol–water partition coefficient (Wildman–Crippen LogP) is 2.45. The number of rotatable bonds is 6. The minimum Gasteiger partial charge on any atom is -0.481 e. The number of nitrogens with zero attached hydrogens (tertiary/aromatic N) is 1. The molecule has 0 aliphatic rings. The number of hydrogen-bond donors (Lipinski definition) is 2. The minimum absolute atomic E-state index is 0.237. The molecule has 0 fully saturated rings. The van der Waals surface area contributed by atoms with Crippen LogP contribution in [0.3, 0.4) is 0 Å². The fraction of sp³-hybridized carbons (Fsp3) is 0.500. The van der Waals surface area contributed by atoms with E-state index in [1.54, 1.807) is 6.20 Å². The van der Waals surface area contributed by atoms with E-state index in [9.17, 15) is 4.79 Å². The van der Waals surface area contributed by atoms with Gasteiger partial charge in [0.15, 0.2) is 0 Å². The highest BCUT2D eigenvalue weighted by atomic mass is 16.4. The van der Waals surface area contributed by atoms with Crippen LogP contribution in [-0.4, -0.2) is 22.1 Å². The van der Waals surface area contributed by atoms with Crippen molar-refractivity contribution in [3.8, 4) is 0 Å². The lowest BCUT2D eigenvalue weighted by Gasteiger charge is -2.16. The van der Waals surface area contributed by atoms with Crippen LogP contribution >= 0.6 is 0 Å². The van der Waals surface area contributed by atoms with Crippen molar-refractivity contribution < 1.29 is 9.90 Å². The number of nitrogens with one attached hydrogen (secondary N) is 1. The van der Waals surface area contributed by atoms with Crippen LogP contribution in [0.1, 0.15) is 31.7 Å². The van der Waals surface area contributed by atoms with Crippen molar-refractivity contribution in [3.05, 3.63) is 24.0 Å². The fourth-order valence-electron chi connectivity index (χ4n) is 1.53. The Labute approximate surface area is 95.7 Å². The van der Waals surface area contributed by atoms with Crippen LogP contribution in [0.2, 0.25) is 0 Å². The average molecular weight is 222 g/mol. The van der Waals surface area contributed by atoms with Gasteiger partial charge in [-0.15, -0.1) is 0 Å². The van der Waals surface area contributed by atoms with E-state index in [-0.39, 0.29) is 12.5 Å². The zero-order chi connectivity index (χ0) is 12.0. The lowest BCUT2D eigenvalue weighted by Crippen LogP contribution is -2.16. The first kappa shape index (κ1) is 12.5. The Balaban J connectivity index is 2.37. The van der Waals surface area contributed by atoms with E-state index in [4.69, 9.17) is 5.11 Å². The number of aromatic nitrogens is 1. The third kappa shape index (κ3) is 4.29. The maximum atomic E-state index is 10.4. The molecule has 1 aromatic heterocycles. The minimum atomic E-state index is -0.729. The fourth-order valence-corrected chi connectivity index (χ4v) is 1.53. The average Bonchev–Trinajstić information content (AvgIpc) is 2.21. The van der Waals surface area contributed by atoms with E-state index < -0.39 is 5.97 Å². The van der Waals surface area contributed by atoms with Gasteiger partial charge in [-0.25, -0.2) is 0 Å². The highest BCUT2D eigenvalue weighted by molar-refractivity contribution is 5.66. The quantitative estimate of drug-likeness (QED) is 0.776. The summed E-state index contributed by atoms with van der Waals surface area (Å²) in [6, 6.07) is 2.21. The monoisotopic (exact) mass is 222 g/mol. The Hall–Kier alpha value is -1.58. The van der Waals surface area contributed by atoms with Gasteiger partial charge in [-0.3, -0.25) is 9.78 Å². The number of aryl methyl sites for hydroxylation is 1. The first-order valence-corrected chi connectivity index (χ1v) is 5.48. The molecule has 0 aliphatic heterocycles. The van der Waals surface area contributed by atoms with E-state index in [2.05, 4.69) is 17.2 Å². The summed E-state index contributed by atoms with van der Waals surface area (Å²) in [6.45, 7) is 4.06. The Morgan fingerprint density at radius 3 is 3.00 bits per heavy atom. The van der Waals surface area contributed by atoms with Crippen molar-refractivity contribution in [3.63, 3.8) is 0 Å². The second-order valence-electron chi connectivity index (χ2n) is 4.02. The molecular weight excluding hydrogens is 204 g/mol. The maximum Gasteiger partial charge on any atom is 0.303 e. The summed E-state index contributed by atoms with van der Waals surface area (Å²) < 4.78 is 0. The Bertz CT molecular complexity index is 353. The Morgan fingerprint density at radius 1 is 1.62 bits per heavy atom. The van der Waals surface area contributed by atoms with E-state index in [1.165, 1.54) is 0 Å². The van der Waals surface area contributed by atoms with Crippen molar-refractivity contribution >= 4 is 11.7 Å². The molecule has 0 spiro atoms. The number of carboxylic acids is 1. The van der Waals surface area contributed by atoms with E-state index in [0.29, 0.717) is 6.42 Å². The van der Waals surface area contributed by atoms with Crippen LogP contribution in [0.15, 0.2) is 18.5 Å². The first-order valence-electron chi connectivity index (χ1n) is 5.48. The van der Waals surface area contributed by atoms with Gasteiger partial charge in [-0.1, -0.05) is 0 Å². The summed E-state index contributed by atoms with van der Waals surface area (Å²) in [6.07, 6.45) is 5.36. The zero-order valence-electron chi connectivity index (χ0n) is 9.73. The van der Waals surface area contributed by atoms with Crippen molar-refractivity contribution in [2.75, 3.05) is 5.32 Å².